The van der Waals surface area contributed by atoms with Crippen molar-refractivity contribution >= 4 is 21.9 Å². The Bertz CT molecular complexity index is 231. The van der Waals surface area contributed by atoms with Crippen molar-refractivity contribution in [3.63, 3.8) is 0 Å². The molecule has 1 unspecified atom stereocenters. The summed E-state index contributed by atoms with van der Waals surface area (Å²) >= 11 is 3.12. The highest BCUT2D eigenvalue weighted by molar-refractivity contribution is 9.10. The molecule has 21 heavy (non-hydrogen) atoms. The fourth-order valence-corrected chi connectivity index (χ4v) is 2.96. The molecule has 0 radical (unpaired) electrons. The molecule has 0 saturated heterocycles. The van der Waals surface area contributed by atoms with Crippen LogP contribution in [0.15, 0.2) is 0 Å². The number of hydrogen-bond donors (Lipinski definition) is 0. The molecule has 0 amide bonds. The highest BCUT2D eigenvalue weighted by atomic mass is 79.9. The van der Waals surface area contributed by atoms with E-state index < -0.39 is 10.8 Å². The van der Waals surface area contributed by atoms with Gasteiger partial charge in [0.15, 0.2) is 0 Å². The van der Waals surface area contributed by atoms with Crippen LogP contribution in [-0.4, -0.2) is 10.8 Å². The van der Waals surface area contributed by atoms with E-state index in [1.54, 1.807) is 0 Å². The van der Waals surface area contributed by atoms with Gasteiger partial charge in [-0.2, -0.15) is 0 Å². The Morgan fingerprint density at radius 1 is 0.762 bits per heavy atom. The van der Waals surface area contributed by atoms with Crippen LogP contribution in [0.2, 0.25) is 0 Å². The van der Waals surface area contributed by atoms with Crippen LogP contribution in [0.1, 0.15) is 103 Å². The molecule has 2 nitrogen and oxygen atoms in total. The molecule has 0 bridgehead atoms. The second-order valence-corrected chi connectivity index (χ2v) is 7.28. The van der Waals surface area contributed by atoms with Crippen molar-refractivity contribution in [2.75, 3.05) is 0 Å². The van der Waals surface area contributed by atoms with Crippen molar-refractivity contribution in [3.8, 4) is 0 Å². The average Bonchev–Trinajstić information content (AvgIpc) is 2.47. The van der Waals surface area contributed by atoms with E-state index in [4.69, 9.17) is 0 Å². The molecule has 0 aromatic carbocycles. The molecule has 0 fully saturated rings. The number of carboxylic acids is 1. The average molecular weight is 362 g/mol. The Balaban J connectivity index is 3.04. The number of rotatable bonds is 16. The van der Waals surface area contributed by atoms with Crippen LogP contribution >= 0.6 is 15.9 Å². The van der Waals surface area contributed by atoms with Crippen molar-refractivity contribution in [1.82, 2.24) is 0 Å². The van der Waals surface area contributed by atoms with Crippen molar-refractivity contribution in [3.05, 3.63) is 0 Å². The smallest absolute Gasteiger partial charge is 0.0551 e. The van der Waals surface area contributed by atoms with E-state index in [0.717, 1.165) is 12.8 Å². The van der Waals surface area contributed by atoms with E-state index in [1.807, 2.05) is 0 Å². The molecule has 126 valence electrons. The molecule has 0 aliphatic rings. The summed E-state index contributed by atoms with van der Waals surface area (Å²) in [7, 11) is 0. The van der Waals surface area contributed by atoms with Crippen LogP contribution in [0.25, 0.3) is 0 Å². The van der Waals surface area contributed by atoms with E-state index in [0.29, 0.717) is 6.42 Å². The summed E-state index contributed by atoms with van der Waals surface area (Å²) in [5.41, 5.74) is 0. The molecule has 0 N–H and O–H groups in total. The van der Waals surface area contributed by atoms with Crippen LogP contribution in [0.4, 0.5) is 0 Å². The Hall–Kier alpha value is -0.0500. The predicted octanol–water partition coefficient (Wildman–Crippen LogP) is 5.37. The van der Waals surface area contributed by atoms with Gasteiger partial charge in [-0.15, -0.1) is 0 Å². The van der Waals surface area contributed by atoms with Gasteiger partial charge in [0.2, 0.25) is 0 Å². The lowest BCUT2D eigenvalue weighted by molar-refractivity contribution is -0.304. The summed E-state index contributed by atoms with van der Waals surface area (Å²) in [5.74, 6) is -0.982. The van der Waals surface area contributed by atoms with Gasteiger partial charge in [-0.3, -0.25) is 0 Å². The number of alkyl halides is 1. The maximum absolute atomic E-state index is 10.5. The monoisotopic (exact) mass is 361 g/mol. The molecule has 0 aromatic heterocycles. The molecule has 0 saturated carbocycles. The van der Waals surface area contributed by atoms with Crippen molar-refractivity contribution in [2.45, 2.75) is 108 Å². The van der Waals surface area contributed by atoms with Gasteiger partial charge in [-0.05, 0) is 6.42 Å². The van der Waals surface area contributed by atoms with Gasteiger partial charge < -0.3 is 9.90 Å². The first-order chi connectivity index (χ1) is 10.2. The van der Waals surface area contributed by atoms with Crippen LogP contribution in [0.3, 0.4) is 0 Å². The molecule has 0 aromatic rings. The van der Waals surface area contributed by atoms with Gasteiger partial charge in [0.05, 0.1) is 10.8 Å². The molecule has 0 aliphatic carbocycles. The maximum Gasteiger partial charge on any atom is 0.0551 e. The van der Waals surface area contributed by atoms with Crippen molar-refractivity contribution in [1.29, 1.82) is 0 Å². The fraction of sp³-hybridized carbons (Fsp3) is 0.944. The number of hydrogen-bond acceptors (Lipinski definition) is 2. The lowest BCUT2D eigenvalue weighted by atomic mass is 10.0. The van der Waals surface area contributed by atoms with E-state index >= 15 is 0 Å². The Labute approximate surface area is 140 Å². The number of carbonyl (C=O) groups excluding carboxylic acids is 1. The zero-order valence-corrected chi connectivity index (χ0v) is 15.5. The minimum absolute atomic E-state index is 0.463. The first-order valence-electron chi connectivity index (χ1n) is 9.03. The van der Waals surface area contributed by atoms with E-state index in [9.17, 15) is 9.90 Å². The molecule has 0 heterocycles. The minimum Gasteiger partial charge on any atom is -0.549 e. The van der Waals surface area contributed by atoms with Crippen LogP contribution in [0.5, 0.6) is 0 Å². The first-order valence-corrected chi connectivity index (χ1v) is 9.95. The van der Waals surface area contributed by atoms with Crippen LogP contribution in [0, 0.1) is 0 Å². The summed E-state index contributed by atoms with van der Waals surface area (Å²) < 4.78 is 0. The van der Waals surface area contributed by atoms with Gasteiger partial charge >= 0.3 is 0 Å². The molecular formula is C18H34BrO2-. The fourth-order valence-electron chi connectivity index (χ4n) is 2.64. The van der Waals surface area contributed by atoms with Crippen molar-refractivity contribution < 1.29 is 9.90 Å². The standard InChI is InChI=1S/C18H35BrO2/c1-2-3-4-5-6-7-8-9-10-11-12-13-14-15-16-17(19)18(20)21/h17H,2-16H2,1H3,(H,20,21)/p-1. The quantitative estimate of drug-likeness (QED) is 0.273. The van der Waals surface area contributed by atoms with Crippen molar-refractivity contribution in [2.24, 2.45) is 0 Å². The van der Waals surface area contributed by atoms with Gasteiger partial charge in [-0.25, -0.2) is 0 Å². The van der Waals surface area contributed by atoms with E-state index in [-0.39, 0.29) is 0 Å². The Kier molecular flexibility index (Phi) is 16.3. The number of carboxylic acid groups (broad SMARTS) is 1. The van der Waals surface area contributed by atoms with E-state index in [1.165, 1.54) is 77.0 Å². The number of carbonyl (C=O) groups is 1. The predicted molar refractivity (Wildman–Crippen MR) is 92.7 cm³/mol. The second kappa shape index (κ2) is 16.3. The summed E-state index contributed by atoms with van der Waals surface area (Å²) in [6, 6.07) is 0. The molecular weight excluding hydrogens is 328 g/mol. The third-order valence-electron chi connectivity index (χ3n) is 4.07. The van der Waals surface area contributed by atoms with Gasteiger partial charge in [0.1, 0.15) is 0 Å². The normalized spacial score (nSPS) is 12.5. The molecule has 0 spiro atoms. The maximum atomic E-state index is 10.5. The molecule has 0 rings (SSSR count). The first kappa shape index (κ1) is 20.9. The summed E-state index contributed by atoms with van der Waals surface area (Å²) in [6.45, 7) is 2.27. The third kappa shape index (κ3) is 16.2. The largest absolute Gasteiger partial charge is 0.549 e. The zero-order valence-electron chi connectivity index (χ0n) is 13.9. The number of unbranched alkanes of at least 4 members (excludes halogenated alkanes) is 13. The van der Waals surface area contributed by atoms with Gasteiger partial charge in [-0.1, -0.05) is 113 Å². The highest BCUT2D eigenvalue weighted by Crippen LogP contribution is 2.15. The van der Waals surface area contributed by atoms with Crippen LogP contribution < -0.4 is 5.11 Å². The van der Waals surface area contributed by atoms with Gasteiger partial charge in [0, 0.05) is 0 Å². The molecule has 0 aliphatic heterocycles. The van der Waals surface area contributed by atoms with Gasteiger partial charge in [0.25, 0.3) is 0 Å². The minimum atomic E-state index is -0.982. The third-order valence-corrected chi connectivity index (χ3v) is 4.90. The number of halogens is 1. The molecule has 1 atom stereocenters. The topological polar surface area (TPSA) is 40.1 Å². The molecule has 3 heteroatoms. The zero-order chi connectivity index (χ0) is 15.8. The van der Waals surface area contributed by atoms with Crippen LogP contribution in [-0.2, 0) is 4.79 Å². The summed E-state index contributed by atoms with van der Waals surface area (Å²) in [4.78, 5) is 10.0. The Morgan fingerprint density at radius 2 is 1.10 bits per heavy atom. The summed E-state index contributed by atoms with van der Waals surface area (Å²) in [6.07, 6.45) is 19.3. The lowest BCUT2D eigenvalue weighted by Crippen LogP contribution is -2.31. The lowest BCUT2D eigenvalue weighted by Gasteiger charge is -2.09. The highest BCUT2D eigenvalue weighted by Gasteiger charge is 2.03. The second-order valence-electron chi connectivity index (χ2n) is 6.17. The van der Waals surface area contributed by atoms with E-state index in [2.05, 4.69) is 22.9 Å². The SMILES string of the molecule is CCCCCCCCCCCCCCCCC(Br)C(=O)[O-]. The summed E-state index contributed by atoms with van der Waals surface area (Å²) in [5, 5.41) is 10.5. The number of aliphatic carboxylic acids is 1. The Morgan fingerprint density at radius 3 is 1.43 bits per heavy atom.